The molecular weight excluding hydrogens is 448 g/mol. The van der Waals surface area contributed by atoms with Gasteiger partial charge in [-0.1, -0.05) is 6.58 Å². The van der Waals surface area contributed by atoms with Gasteiger partial charge in [0.05, 0.1) is 37.1 Å². The highest BCUT2D eigenvalue weighted by Crippen LogP contribution is 2.24. The molecule has 1 unspecified atom stereocenters. The first-order chi connectivity index (χ1) is 15.7. The Kier molecular flexibility index (Phi) is 9.49. The topological polar surface area (TPSA) is 128 Å². The lowest BCUT2D eigenvalue weighted by Gasteiger charge is -2.30. The van der Waals surface area contributed by atoms with Gasteiger partial charge in [-0.3, -0.25) is 19.6 Å². The van der Waals surface area contributed by atoms with Crippen LogP contribution in [0.15, 0.2) is 55.0 Å². The maximum absolute atomic E-state index is 13.3. The van der Waals surface area contributed by atoms with E-state index in [0.717, 1.165) is 4.90 Å². The fourth-order valence-electron chi connectivity index (χ4n) is 2.92. The Morgan fingerprint density at radius 2 is 1.85 bits per heavy atom. The Bertz CT molecular complexity index is 1060. The summed E-state index contributed by atoms with van der Waals surface area (Å²) in [7, 11) is -0.606. The van der Waals surface area contributed by atoms with Crippen molar-refractivity contribution in [3.63, 3.8) is 0 Å². The Balaban J connectivity index is 2.39. The van der Waals surface area contributed by atoms with E-state index in [1.807, 2.05) is 0 Å². The van der Waals surface area contributed by atoms with Crippen LogP contribution in [-0.4, -0.2) is 74.0 Å². The number of nitrogens with one attached hydrogen (secondary N) is 1. The molecule has 2 amide bonds. The van der Waals surface area contributed by atoms with Crippen LogP contribution in [0.1, 0.15) is 18.7 Å². The lowest BCUT2D eigenvalue weighted by Crippen LogP contribution is -2.44. The van der Waals surface area contributed by atoms with Crippen LogP contribution in [0.5, 0.6) is 5.75 Å². The van der Waals surface area contributed by atoms with E-state index in [0.29, 0.717) is 11.4 Å². The first-order valence-corrected chi connectivity index (χ1v) is 11.9. The molecule has 0 spiro atoms. The molecule has 2 aromatic rings. The standard InChI is InChI=1S/C22H28N4O6S/c1-16(2)22(28)26(11-13-33(29,30)14-12-31-3)20(19-15-23-9-10-24-19)21(27)25-17-5-7-18(32-4)8-6-17/h5-10,15,20H,1,11-14H2,2-4H3,(H,25,27). The number of hydrogen-bond donors (Lipinski definition) is 1. The number of methoxy groups -OCH3 is 2. The van der Waals surface area contributed by atoms with Gasteiger partial charge in [0, 0.05) is 37.3 Å². The predicted octanol–water partition coefficient (Wildman–Crippen LogP) is 1.63. The average molecular weight is 477 g/mol. The summed E-state index contributed by atoms with van der Waals surface area (Å²) in [5.41, 5.74) is 0.799. The van der Waals surface area contributed by atoms with Crippen molar-refractivity contribution in [2.24, 2.45) is 0 Å². The maximum atomic E-state index is 13.3. The molecular formula is C22H28N4O6S. The molecule has 0 aliphatic carbocycles. The molecule has 1 aromatic heterocycles. The highest BCUT2D eigenvalue weighted by Gasteiger charge is 2.34. The van der Waals surface area contributed by atoms with Crippen molar-refractivity contribution < 1.29 is 27.5 Å². The summed E-state index contributed by atoms with van der Waals surface area (Å²) in [5, 5.41) is 2.74. The summed E-state index contributed by atoms with van der Waals surface area (Å²) in [4.78, 5) is 35.7. The fourth-order valence-corrected chi connectivity index (χ4v) is 4.01. The van der Waals surface area contributed by atoms with Crippen LogP contribution in [0.4, 0.5) is 5.69 Å². The Morgan fingerprint density at radius 1 is 1.15 bits per heavy atom. The van der Waals surface area contributed by atoms with E-state index >= 15 is 0 Å². The van der Waals surface area contributed by atoms with Crippen molar-refractivity contribution in [3.05, 3.63) is 60.7 Å². The third kappa shape index (κ3) is 7.65. The third-order valence-corrected chi connectivity index (χ3v) is 6.24. The van der Waals surface area contributed by atoms with Gasteiger partial charge >= 0.3 is 0 Å². The van der Waals surface area contributed by atoms with Crippen molar-refractivity contribution in [1.29, 1.82) is 0 Å². The molecule has 1 heterocycles. The molecule has 178 valence electrons. The number of aromatic nitrogens is 2. The largest absolute Gasteiger partial charge is 0.497 e. The van der Waals surface area contributed by atoms with Crippen molar-refractivity contribution in [3.8, 4) is 5.75 Å². The average Bonchev–Trinajstić information content (AvgIpc) is 2.80. The van der Waals surface area contributed by atoms with Gasteiger partial charge in [-0.05, 0) is 31.2 Å². The third-order valence-electron chi connectivity index (χ3n) is 4.65. The van der Waals surface area contributed by atoms with Crippen LogP contribution < -0.4 is 10.1 Å². The van der Waals surface area contributed by atoms with Crippen molar-refractivity contribution in [2.75, 3.05) is 44.2 Å². The summed E-state index contributed by atoms with van der Waals surface area (Å²) >= 11 is 0. The summed E-state index contributed by atoms with van der Waals surface area (Å²) in [6.45, 7) is 4.95. The fraction of sp³-hybridized carbons (Fsp3) is 0.364. The second-order valence-corrected chi connectivity index (χ2v) is 9.48. The number of carbonyl (C=O) groups is 2. The number of carbonyl (C=O) groups excluding carboxylic acids is 2. The summed E-state index contributed by atoms with van der Waals surface area (Å²) in [6.07, 6.45) is 4.18. The van der Waals surface area contributed by atoms with Gasteiger partial charge in [-0.2, -0.15) is 0 Å². The summed E-state index contributed by atoms with van der Waals surface area (Å²) < 4.78 is 34.7. The lowest BCUT2D eigenvalue weighted by molar-refractivity contribution is -0.135. The second-order valence-electron chi connectivity index (χ2n) is 7.17. The van der Waals surface area contributed by atoms with E-state index in [-0.39, 0.29) is 35.9 Å². The Morgan fingerprint density at radius 3 is 2.39 bits per heavy atom. The van der Waals surface area contributed by atoms with Crippen LogP contribution in [0, 0.1) is 0 Å². The lowest BCUT2D eigenvalue weighted by atomic mass is 10.1. The van der Waals surface area contributed by atoms with Crippen molar-refractivity contribution >= 4 is 27.3 Å². The molecule has 11 heteroatoms. The second kappa shape index (κ2) is 12.1. The predicted molar refractivity (Wildman–Crippen MR) is 123 cm³/mol. The van der Waals surface area contributed by atoms with Gasteiger partial charge in [0.1, 0.15) is 5.75 Å². The summed E-state index contributed by atoms with van der Waals surface area (Å²) in [5.74, 6) is -1.10. The Labute approximate surface area is 193 Å². The van der Waals surface area contributed by atoms with Gasteiger partial charge in [-0.15, -0.1) is 0 Å². The maximum Gasteiger partial charge on any atom is 0.253 e. The van der Waals surface area contributed by atoms with E-state index in [1.54, 1.807) is 24.3 Å². The monoisotopic (exact) mass is 476 g/mol. The molecule has 0 saturated heterocycles. The molecule has 0 fully saturated rings. The summed E-state index contributed by atoms with van der Waals surface area (Å²) in [6, 6.07) is 5.40. The zero-order chi connectivity index (χ0) is 24.4. The van der Waals surface area contributed by atoms with Crippen molar-refractivity contribution in [1.82, 2.24) is 14.9 Å². The van der Waals surface area contributed by atoms with E-state index in [1.165, 1.54) is 39.7 Å². The normalized spacial score (nSPS) is 12.0. The SMILES string of the molecule is C=C(C)C(=O)N(CCS(=O)(=O)CCOC)C(C(=O)Nc1ccc(OC)cc1)c1cnccn1. The molecule has 1 aromatic carbocycles. The van der Waals surface area contributed by atoms with Gasteiger partial charge < -0.3 is 19.7 Å². The number of nitrogens with zero attached hydrogens (tertiary/aromatic N) is 3. The minimum atomic E-state index is -3.54. The van der Waals surface area contributed by atoms with Gasteiger partial charge in [-0.25, -0.2) is 8.42 Å². The number of sulfone groups is 1. The molecule has 1 atom stereocenters. The molecule has 0 aliphatic rings. The molecule has 0 aliphatic heterocycles. The van der Waals surface area contributed by atoms with Crippen LogP contribution in [0.25, 0.3) is 0 Å². The number of hydrogen-bond acceptors (Lipinski definition) is 8. The van der Waals surface area contributed by atoms with Gasteiger partial charge in [0.25, 0.3) is 5.91 Å². The number of anilines is 1. The smallest absolute Gasteiger partial charge is 0.253 e. The number of benzene rings is 1. The highest BCUT2D eigenvalue weighted by atomic mass is 32.2. The van der Waals surface area contributed by atoms with Crippen LogP contribution in [0.3, 0.4) is 0 Å². The van der Waals surface area contributed by atoms with Crippen LogP contribution in [0.2, 0.25) is 0 Å². The van der Waals surface area contributed by atoms with E-state index in [4.69, 9.17) is 9.47 Å². The first kappa shape index (κ1) is 25.9. The van der Waals surface area contributed by atoms with E-state index in [2.05, 4.69) is 21.9 Å². The molecule has 0 bridgehead atoms. The quantitative estimate of drug-likeness (QED) is 0.458. The molecule has 2 rings (SSSR count). The highest BCUT2D eigenvalue weighted by molar-refractivity contribution is 7.91. The van der Waals surface area contributed by atoms with Crippen LogP contribution >= 0.6 is 0 Å². The molecule has 0 saturated carbocycles. The van der Waals surface area contributed by atoms with E-state index in [9.17, 15) is 18.0 Å². The van der Waals surface area contributed by atoms with Gasteiger partial charge in [0.15, 0.2) is 15.9 Å². The minimum Gasteiger partial charge on any atom is -0.497 e. The molecule has 0 radical (unpaired) electrons. The Hall–Kier alpha value is -3.31. The minimum absolute atomic E-state index is 0.0301. The molecule has 10 nitrogen and oxygen atoms in total. The first-order valence-electron chi connectivity index (χ1n) is 10.0. The van der Waals surface area contributed by atoms with Crippen LogP contribution in [-0.2, 0) is 24.2 Å². The van der Waals surface area contributed by atoms with Crippen molar-refractivity contribution in [2.45, 2.75) is 13.0 Å². The van der Waals surface area contributed by atoms with Gasteiger partial charge in [0.2, 0.25) is 5.91 Å². The molecule has 1 N–H and O–H groups in total. The van der Waals surface area contributed by atoms with E-state index < -0.39 is 27.7 Å². The number of rotatable bonds is 12. The zero-order valence-electron chi connectivity index (χ0n) is 18.9. The molecule has 33 heavy (non-hydrogen) atoms. The zero-order valence-corrected chi connectivity index (χ0v) is 19.7. The number of ether oxygens (including phenoxy) is 2. The number of amides is 2.